The second-order valence-electron chi connectivity index (χ2n) is 20.7. The van der Waals surface area contributed by atoms with Crippen LogP contribution in [-0.4, -0.2) is 13.0 Å². The van der Waals surface area contributed by atoms with Gasteiger partial charge >= 0.3 is 0 Å². The number of hydrogen-bond donors (Lipinski definition) is 0. The molecule has 1 aromatic heterocycles. The summed E-state index contributed by atoms with van der Waals surface area (Å²) in [5.41, 5.74) is 11.1. The molecule has 2 heterocycles. The van der Waals surface area contributed by atoms with Gasteiger partial charge in [-0.3, -0.25) is 0 Å². The number of anilines is 2. The molecule has 58 heavy (non-hydrogen) atoms. The highest BCUT2D eigenvalue weighted by atomic mass is 32.2. The van der Waals surface area contributed by atoms with Crippen LogP contribution in [0.2, 0.25) is 0 Å². The maximum absolute atomic E-state index is 14.3. The molecule has 0 saturated carbocycles. The second-order valence-corrected chi connectivity index (χ2v) is 23.8. The van der Waals surface area contributed by atoms with E-state index in [1.165, 1.54) is 53.9 Å². The van der Waals surface area contributed by atoms with Crippen molar-refractivity contribution in [3.8, 4) is 0 Å². The topological polar surface area (TPSA) is 42.3 Å². The first-order valence-electron chi connectivity index (χ1n) is 20.9. The smallest absolute Gasteiger partial charge is 0.202 e. The lowest BCUT2D eigenvalue weighted by Crippen LogP contribution is -2.23. The van der Waals surface area contributed by atoms with Gasteiger partial charge in [0.1, 0.15) is 0 Å². The van der Waals surface area contributed by atoms with Gasteiger partial charge < -0.3 is 9.47 Å². The maximum atomic E-state index is 14.3. The van der Waals surface area contributed by atoms with Crippen LogP contribution in [0.3, 0.4) is 0 Å². The Morgan fingerprint density at radius 1 is 0.586 bits per heavy atom. The van der Waals surface area contributed by atoms with E-state index in [1.807, 2.05) is 36.1 Å². The highest BCUT2D eigenvalue weighted by Gasteiger charge is 2.32. The van der Waals surface area contributed by atoms with Gasteiger partial charge in [0.25, 0.3) is 0 Å². The third-order valence-corrected chi connectivity index (χ3v) is 15.3. The van der Waals surface area contributed by atoms with E-state index in [9.17, 15) is 8.42 Å². The Balaban J connectivity index is 1.12. The zero-order chi connectivity index (χ0) is 41.7. The van der Waals surface area contributed by atoms with Crippen molar-refractivity contribution in [3.05, 3.63) is 141 Å². The first-order chi connectivity index (χ1) is 27.0. The summed E-state index contributed by atoms with van der Waals surface area (Å²) >= 11 is 1.84. The molecule has 0 N–H and O–H groups in total. The molecule has 0 fully saturated rings. The molecule has 4 nitrogen and oxygen atoms in total. The SMILES string of the molecule is CC(C)(C)c1ccc2c(c1)Sc1cc(C(C)(C)C)ccc1N2C1=CC=C(S(=O)(=O)C2=CCC(n3c4ccc(C(C)(C)C)cc4c4cc(C(C)(C)C)ccc43)C=C2)CC1. The second kappa shape index (κ2) is 13.9. The summed E-state index contributed by atoms with van der Waals surface area (Å²) in [6.07, 6.45) is 11.5. The van der Waals surface area contributed by atoms with Gasteiger partial charge in [-0.25, -0.2) is 8.42 Å². The summed E-state index contributed by atoms with van der Waals surface area (Å²) in [6, 6.07) is 27.4. The average Bonchev–Trinajstić information content (AvgIpc) is 3.48. The zero-order valence-corrected chi connectivity index (χ0v) is 38.2. The Morgan fingerprint density at radius 2 is 1.05 bits per heavy atom. The Hall–Kier alpha value is -4.26. The minimum absolute atomic E-state index is 0.00136. The summed E-state index contributed by atoms with van der Waals surface area (Å²) in [5, 5.41) is 2.50. The van der Waals surface area contributed by atoms with Gasteiger partial charge in [-0.15, -0.1) is 0 Å². The molecule has 0 amide bonds. The molecular formula is C52H60N2O2S2. The predicted octanol–water partition coefficient (Wildman–Crippen LogP) is 14.6. The minimum Gasteiger partial charge on any atom is -0.333 e. The van der Waals surface area contributed by atoms with E-state index in [1.54, 1.807) is 0 Å². The molecule has 1 unspecified atom stereocenters. The van der Waals surface area contributed by atoms with Gasteiger partial charge in [0.2, 0.25) is 9.84 Å². The monoisotopic (exact) mass is 808 g/mol. The van der Waals surface area contributed by atoms with Crippen LogP contribution < -0.4 is 4.90 Å². The van der Waals surface area contributed by atoms with E-state index in [4.69, 9.17) is 0 Å². The molecule has 2 aliphatic carbocycles. The number of benzene rings is 4. The number of hydrogen-bond acceptors (Lipinski definition) is 4. The van der Waals surface area contributed by atoms with Gasteiger partial charge in [0.05, 0.1) is 22.3 Å². The van der Waals surface area contributed by atoms with Crippen molar-refractivity contribution in [2.24, 2.45) is 0 Å². The molecule has 0 spiro atoms. The fraction of sp³-hybridized carbons (Fsp3) is 0.385. The molecule has 3 aliphatic rings. The quantitative estimate of drug-likeness (QED) is 0.181. The zero-order valence-electron chi connectivity index (χ0n) is 36.5. The molecule has 5 aromatic rings. The molecular weight excluding hydrogens is 749 g/mol. The summed E-state index contributed by atoms with van der Waals surface area (Å²) in [6.45, 7) is 27.1. The highest BCUT2D eigenvalue weighted by Crippen LogP contribution is 2.53. The van der Waals surface area contributed by atoms with Crippen molar-refractivity contribution >= 4 is 54.8 Å². The van der Waals surface area contributed by atoms with E-state index in [0.29, 0.717) is 29.1 Å². The lowest BCUT2D eigenvalue weighted by molar-refractivity contribution is 0.588. The van der Waals surface area contributed by atoms with E-state index in [2.05, 4.69) is 171 Å². The number of rotatable bonds is 4. The highest BCUT2D eigenvalue weighted by molar-refractivity contribution is 7.99. The van der Waals surface area contributed by atoms with Crippen molar-refractivity contribution in [2.45, 2.75) is 140 Å². The fourth-order valence-corrected chi connectivity index (χ4v) is 11.2. The van der Waals surface area contributed by atoms with Crippen molar-refractivity contribution in [2.75, 3.05) is 4.90 Å². The number of sulfone groups is 1. The summed E-state index contributed by atoms with van der Waals surface area (Å²) in [7, 11) is -3.67. The van der Waals surface area contributed by atoms with Crippen LogP contribution in [0, 0.1) is 0 Å². The number of nitrogens with zero attached hydrogens (tertiary/aromatic N) is 2. The number of fused-ring (bicyclic) bond motifs is 5. The first kappa shape index (κ1) is 40.5. The van der Waals surface area contributed by atoms with Crippen LogP contribution in [0.5, 0.6) is 0 Å². The molecule has 8 rings (SSSR count). The Labute approximate surface area is 351 Å². The standard InChI is InChI=1S/C52H60N2O2S2/c1-49(2,3)33-13-25-43-41(29-33)42-30-34(50(4,5)6)14-26-44(42)53(43)37-17-21-39(22-18-37)58(55,56)40-23-19-38(20-24-40)54-45-27-15-35(51(7,8)9)31-47(45)57-48-32-36(52(10,11)12)16-28-46(48)54/h13-17,19,21-23,25-32,37H,18,20,24H2,1-12H3. The maximum Gasteiger partial charge on any atom is 0.202 e. The van der Waals surface area contributed by atoms with Crippen LogP contribution in [0.1, 0.15) is 131 Å². The third-order valence-electron chi connectivity index (χ3n) is 12.3. The van der Waals surface area contributed by atoms with Crippen molar-refractivity contribution in [1.29, 1.82) is 0 Å². The molecule has 0 radical (unpaired) electrons. The van der Waals surface area contributed by atoms with E-state index in [-0.39, 0.29) is 27.7 Å². The van der Waals surface area contributed by atoms with E-state index in [0.717, 1.165) is 17.1 Å². The van der Waals surface area contributed by atoms with Gasteiger partial charge in [-0.2, -0.15) is 0 Å². The normalized spacial score (nSPS) is 17.9. The summed E-state index contributed by atoms with van der Waals surface area (Å²) < 4.78 is 31.1. The summed E-state index contributed by atoms with van der Waals surface area (Å²) in [4.78, 5) is 5.70. The number of aromatic nitrogens is 1. The van der Waals surface area contributed by atoms with Crippen LogP contribution in [0.25, 0.3) is 21.8 Å². The molecule has 1 aliphatic heterocycles. The first-order valence-corrected chi connectivity index (χ1v) is 23.2. The van der Waals surface area contributed by atoms with Gasteiger partial charge in [0.15, 0.2) is 0 Å². The molecule has 1 atom stereocenters. The lowest BCUT2D eigenvalue weighted by Gasteiger charge is -2.37. The third kappa shape index (κ3) is 7.23. The molecule has 302 valence electrons. The largest absolute Gasteiger partial charge is 0.333 e. The number of allylic oxidation sites excluding steroid dienone is 7. The van der Waals surface area contributed by atoms with Crippen molar-refractivity contribution < 1.29 is 8.42 Å². The minimum atomic E-state index is -3.67. The Kier molecular flexibility index (Phi) is 9.72. The van der Waals surface area contributed by atoms with Gasteiger partial charge in [0, 0.05) is 42.2 Å². The van der Waals surface area contributed by atoms with Crippen LogP contribution in [0.15, 0.2) is 128 Å². The Bertz CT molecular complexity index is 2590. The van der Waals surface area contributed by atoms with E-state index < -0.39 is 9.84 Å². The van der Waals surface area contributed by atoms with Crippen molar-refractivity contribution in [3.63, 3.8) is 0 Å². The fourth-order valence-electron chi connectivity index (χ4n) is 8.54. The van der Waals surface area contributed by atoms with Crippen LogP contribution >= 0.6 is 11.8 Å². The Morgan fingerprint density at radius 3 is 1.47 bits per heavy atom. The average molecular weight is 809 g/mol. The predicted molar refractivity (Wildman–Crippen MR) is 249 cm³/mol. The van der Waals surface area contributed by atoms with Gasteiger partial charge in [-0.05, 0) is 130 Å². The van der Waals surface area contributed by atoms with Crippen molar-refractivity contribution in [1.82, 2.24) is 4.57 Å². The summed E-state index contributed by atoms with van der Waals surface area (Å²) in [5.74, 6) is 0. The molecule has 4 aromatic carbocycles. The van der Waals surface area contributed by atoms with E-state index >= 15 is 0 Å². The van der Waals surface area contributed by atoms with Crippen LogP contribution in [-0.2, 0) is 31.5 Å². The molecule has 0 saturated heterocycles. The van der Waals surface area contributed by atoms with Crippen LogP contribution in [0.4, 0.5) is 11.4 Å². The lowest BCUT2D eigenvalue weighted by atomic mass is 9.85. The molecule has 0 bridgehead atoms. The molecule has 6 heteroatoms. The van der Waals surface area contributed by atoms with Gasteiger partial charge in [-0.1, -0.05) is 131 Å².